The number of anilines is 1. The summed E-state index contributed by atoms with van der Waals surface area (Å²) in [5.41, 5.74) is 0.141. The standard InChI is InChI=1S/C22H18F3N5O2/c1-13(10-20(31)26-15-5-6-17(24)18(25)12-15)9-19-27-28-21-22(32)29(7-8-30(19)21)16-4-2-3-14(23)11-16/h2-8,11-13H,9-10H2,1H3,(H,26,31)/t13-/m0/s1. The summed E-state index contributed by atoms with van der Waals surface area (Å²) in [7, 11) is 0. The van der Waals surface area contributed by atoms with Crippen molar-refractivity contribution < 1.29 is 18.0 Å². The minimum absolute atomic E-state index is 0.0743. The minimum atomic E-state index is -1.05. The molecule has 164 valence electrons. The summed E-state index contributed by atoms with van der Waals surface area (Å²) in [4.78, 5) is 25.0. The summed E-state index contributed by atoms with van der Waals surface area (Å²) in [6.07, 6.45) is 3.53. The van der Waals surface area contributed by atoms with Crippen LogP contribution < -0.4 is 10.9 Å². The number of hydrogen-bond donors (Lipinski definition) is 1. The highest BCUT2D eigenvalue weighted by Gasteiger charge is 2.17. The molecule has 2 aromatic heterocycles. The molecule has 0 saturated carbocycles. The molecule has 0 unspecified atom stereocenters. The number of nitrogens with one attached hydrogen (secondary N) is 1. The summed E-state index contributed by atoms with van der Waals surface area (Å²) in [5, 5.41) is 10.5. The third kappa shape index (κ3) is 4.39. The third-order valence-electron chi connectivity index (χ3n) is 4.90. The summed E-state index contributed by atoms with van der Waals surface area (Å²) in [6, 6.07) is 8.75. The lowest BCUT2D eigenvalue weighted by atomic mass is 10.0. The van der Waals surface area contributed by atoms with Crippen LogP contribution in [0.5, 0.6) is 0 Å². The van der Waals surface area contributed by atoms with E-state index >= 15 is 0 Å². The SMILES string of the molecule is C[C@H](CC(=O)Nc1ccc(F)c(F)c1)Cc1nnc2c(=O)n(-c3cccc(F)c3)ccn12. The smallest absolute Gasteiger partial charge is 0.300 e. The monoisotopic (exact) mass is 441 g/mol. The van der Waals surface area contributed by atoms with E-state index in [-0.39, 0.29) is 29.6 Å². The highest BCUT2D eigenvalue weighted by Crippen LogP contribution is 2.16. The number of amides is 1. The fourth-order valence-electron chi connectivity index (χ4n) is 3.39. The molecule has 32 heavy (non-hydrogen) atoms. The van der Waals surface area contributed by atoms with Gasteiger partial charge in [-0.2, -0.15) is 0 Å². The van der Waals surface area contributed by atoms with Gasteiger partial charge in [-0.25, -0.2) is 13.2 Å². The Morgan fingerprint density at radius 2 is 1.88 bits per heavy atom. The second-order valence-corrected chi connectivity index (χ2v) is 7.45. The molecule has 10 heteroatoms. The van der Waals surface area contributed by atoms with Gasteiger partial charge < -0.3 is 5.32 Å². The molecule has 0 saturated heterocycles. The molecule has 7 nitrogen and oxygen atoms in total. The highest BCUT2D eigenvalue weighted by molar-refractivity contribution is 5.90. The number of halogens is 3. The lowest BCUT2D eigenvalue weighted by Crippen LogP contribution is -2.21. The molecule has 1 atom stereocenters. The van der Waals surface area contributed by atoms with Gasteiger partial charge in [0.2, 0.25) is 11.6 Å². The van der Waals surface area contributed by atoms with Gasteiger partial charge in [-0.1, -0.05) is 13.0 Å². The molecular weight excluding hydrogens is 423 g/mol. The Hall–Kier alpha value is -3.95. The van der Waals surface area contributed by atoms with Crippen molar-refractivity contribution in [3.8, 4) is 5.69 Å². The van der Waals surface area contributed by atoms with Gasteiger partial charge in [0, 0.05) is 37.0 Å². The number of carbonyl (C=O) groups is 1. The Morgan fingerprint density at radius 3 is 2.62 bits per heavy atom. The van der Waals surface area contributed by atoms with E-state index in [4.69, 9.17) is 0 Å². The maximum absolute atomic E-state index is 13.5. The molecule has 0 spiro atoms. The average Bonchev–Trinajstić information content (AvgIpc) is 3.14. The first-order chi connectivity index (χ1) is 15.3. The van der Waals surface area contributed by atoms with Crippen LogP contribution in [-0.4, -0.2) is 25.1 Å². The largest absolute Gasteiger partial charge is 0.326 e. The number of rotatable bonds is 6. The van der Waals surface area contributed by atoms with Gasteiger partial charge in [0.15, 0.2) is 11.6 Å². The predicted octanol–water partition coefficient (Wildman–Crippen LogP) is 3.50. The Bertz CT molecular complexity index is 1370. The Balaban J connectivity index is 1.48. The maximum Gasteiger partial charge on any atom is 0.300 e. The number of fused-ring (bicyclic) bond motifs is 1. The quantitative estimate of drug-likeness (QED) is 0.497. The van der Waals surface area contributed by atoms with Gasteiger partial charge in [0.25, 0.3) is 0 Å². The summed E-state index contributed by atoms with van der Waals surface area (Å²) in [6.45, 7) is 1.82. The van der Waals surface area contributed by atoms with E-state index < -0.39 is 23.0 Å². The summed E-state index contributed by atoms with van der Waals surface area (Å²) >= 11 is 0. The van der Waals surface area contributed by atoms with Gasteiger partial charge in [0.1, 0.15) is 11.6 Å². The molecule has 2 aromatic carbocycles. The van der Waals surface area contributed by atoms with E-state index in [1.807, 2.05) is 6.92 Å². The molecule has 4 rings (SSSR count). The minimum Gasteiger partial charge on any atom is -0.326 e. The topological polar surface area (TPSA) is 81.3 Å². The molecular formula is C22H18F3N5O2. The lowest BCUT2D eigenvalue weighted by molar-refractivity contribution is -0.116. The summed E-state index contributed by atoms with van der Waals surface area (Å²) in [5.74, 6) is -2.58. The Morgan fingerprint density at radius 1 is 1.06 bits per heavy atom. The van der Waals surface area contributed by atoms with Crippen molar-refractivity contribution in [3.63, 3.8) is 0 Å². The van der Waals surface area contributed by atoms with E-state index in [1.165, 1.54) is 39.4 Å². The molecule has 0 bridgehead atoms. The molecule has 4 aromatic rings. The van der Waals surface area contributed by atoms with Crippen molar-refractivity contribution in [2.24, 2.45) is 5.92 Å². The molecule has 1 N–H and O–H groups in total. The zero-order valence-electron chi connectivity index (χ0n) is 16.9. The zero-order chi connectivity index (χ0) is 22.8. The van der Waals surface area contributed by atoms with Crippen LogP contribution in [0.3, 0.4) is 0 Å². The third-order valence-corrected chi connectivity index (χ3v) is 4.90. The number of aromatic nitrogens is 4. The number of nitrogens with zero attached hydrogens (tertiary/aromatic N) is 4. The van der Waals surface area contributed by atoms with Crippen molar-refractivity contribution >= 4 is 17.2 Å². The normalized spacial score (nSPS) is 12.1. The molecule has 0 aliphatic carbocycles. The molecule has 2 heterocycles. The van der Waals surface area contributed by atoms with Crippen molar-refractivity contribution in [3.05, 3.63) is 88.5 Å². The van der Waals surface area contributed by atoms with E-state index in [9.17, 15) is 22.8 Å². The number of hydrogen-bond acceptors (Lipinski definition) is 4. The van der Waals surface area contributed by atoms with Gasteiger partial charge in [-0.05, 0) is 36.2 Å². The van der Waals surface area contributed by atoms with Crippen LogP contribution in [0.25, 0.3) is 11.3 Å². The van der Waals surface area contributed by atoms with Crippen molar-refractivity contribution in [2.75, 3.05) is 5.32 Å². The first-order valence-electron chi connectivity index (χ1n) is 9.78. The van der Waals surface area contributed by atoms with Crippen LogP contribution in [0, 0.1) is 23.4 Å². The van der Waals surface area contributed by atoms with E-state index in [0.29, 0.717) is 17.9 Å². The first-order valence-corrected chi connectivity index (χ1v) is 9.78. The number of carbonyl (C=O) groups excluding carboxylic acids is 1. The molecule has 0 aliphatic heterocycles. The highest BCUT2D eigenvalue weighted by atomic mass is 19.2. The van der Waals surface area contributed by atoms with Crippen LogP contribution in [0.4, 0.5) is 18.9 Å². The van der Waals surface area contributed by atoms with Gasteiger partial charge in [0.05, 0.1) is 5.69 Å². The Labute approximate surface area is 180 Å². The molecule has 0 radical (unpaired) electrons. The van der Waals surface area contributed by atoms with Gasteiger partial charge >= 0.3 is 5.56 Å². The number of benzene rings is 2. The van der Waals surface area contributed by atoms with E-state index in [0.717, 1.165) is 12.1 Å². The van der Waals surface area contributed by atoms with Crippen LogP contribution in [0.2, 0.25) is 0 Å². The predicted molar refractivity (Wildman–Crippen MR) is 111 cm³/mol. The average molecular weight is 441 g/mol. The van der Waals surface area contributed by atoms with Crippen molar-refractivity contribution in [1.82, 2.24) is 19.2 Å². The summed E-state index contributed by atoms with van der Waals surface area (Å²) < 4.78 is 42.6. The van der Waals surface area contributed by atoms with Crippen LogP contribution in [-0.2, 0) is 11.2 Å². The van der Waals surface area contributed by atoms with Gasteiger partial charge in [-0.15, -0.1) is 10.2 Å². The molecule has 1 amide bonds. The van der Waals surface area contributed by atoms with Gasteiger partial charge in [-0.3, -0.25) is 18.6 Å². The van der Waals surface area contributed by atoms with Crippen molar-refractivity contribution in [2.45, 2.75) is 19.8 Å². The zero-order valence-corrected chi connectivity index (χ0v) is 16.9. The lowest BCUT2D eigenvalue weighted by Gasteiger charge is -2.11. The van der Waals surface area contributed by atoms with Crippen molar-refractivity contribution in [1.29, 1.82) is 0 Å². The van der Waals surface area contributed by atoms with Crippen LogP contribution in [0.1, 0.15) is 19.2 Å². The Kier molecular flexibility index (Phi) is 5.76. The second kappa shape index (κ2) is 8.66. The fourth-order valence-corrected chi connectivity index (χ4v) is 3.39. The van der Waals surface area contributed by atoms with Crippen LogP contribution in [0.15, 0.2) is 59.7 Å². The molecule has 0 aliphatic rings. The second-order valence-electron chi connectivity index (χ2n) is 7.45. The van der Waals surface area contributed by atoms with E-state index in [2.05, 4.69) is 15.5 Å². The maximum atomic E-state index is 13.5. The van der Waals surface area contributed by atoms with E-state index in [1.54, 1.807) is 12.3 Å². The first kappa shape index (κ1) is 21.3. The fraction of sp³-hybridized carbons (Fsp3) is 0.182. The molecule has 0 fully saturated rings. The van der Waals surface area contributed by atoms with Crippen LogP contribution >= 0.6 is 0 Å².